The van der Waals surface area contributed by atoms with Gasteiger partial charge in [0.15, 0.2) is 5.69 Å². The zero-order valence-electron chi connectivity index (χ0n) is 16.5. The number of fused-ring (bicyclic) bond motifs is 1. The van der Waals surface area contributed by atoms with Gasteiger partial charge in [-0.3, -0.25) is 9.69 Å². The molecule has 1 amide bonds. The molecule has 1 fully saturated rings. The highest BCUT2D eigenvalue weighted by Crippen LogP contribution is 2.38. The Morgan fingerprint density at radius 1 is 1.26 bits per heavy atom. The molecule has 0 bridgehead atoms. The van der Waals surface area contributed by atoms with E-state index < -0.39 is 0 Å². The van der Waals surface area contributed by atoms with Crippen molar-refractivity contribution in [2.45, 2.75) is 46.6 Å². The third-order valence-electron chi connectivity index (χ3n) is 6.09. The maximum atomic E-state index is 13.1. The van der Waals surface area contributed by atoms with Crippen LogP contribution in [0.4, 0.5) is 0 Å². The lowest BCUT2D eigenvalue weighted by Crippen LogP contribution is -2.48. The highest BCUT2D eigenvalue weighted by Gasteiger charge is 2.35. The van der Waals surface area contributed by atoms with Gasteiger partial charge in [0.1, 0.15) is 11.5 Å². The van der Waals surface area contributed by atoms with Gasteiger partial charge in [-0.15, -0.1) is 0 Å². The van der Waals surface area contributed by atoms with Gasteiger partial charge in [-0.05, 0) is 36.3 Å². The molecule has 0 spiro atoms. The summed E-state index contributed by atoms with van der Waals surface area (Å²) in [7, 11) is 0. The maximum Gasteiger partial charge on any atom is 0.276 e. The first-order valence-electron chi connectivity index (χ1n) is 9.93. The molecular weight excluding hydrogens is 342 g/mol. The van der Waals surface area contributed by atoms with Gasteiger partial charge in [0.05, 0.1) is 12.8 Å². The fourth-order valence-electron chi connectivity index (χ4n) is 4.19. The minimum atomic E-state index is 0.0206. The summed E-state index contributed by atoms with van der Waals surface area (Å²) in [6.45, 7) is 10.7. The maximum absolute atomic E-state index is 13.1. The molecule has 146 valence electrons. The Bertz CT molecular complexity index is 780. The van der Waals surface area contributed by atoms with Crippen molar-refractivity contribution in [3.05, 3.63) is 41.2 Å². The van der Waals surface area contributed by atoms with Crippen molar-refractivity contribution in [1.29, 1.82) is 0 Å². The Balaban J connectivity index is 1.41. The van der Waals surface area contributed by atoms with Crippen molar-refractivity contribution in [3.8, 4) is 0 Å². The van der Waals surface area contributed by atoms with Crippen LogP contribution in [0.3, 0.4) is 0 Å². The van der Waals surface area contributed by atoms with Crippen molar-refractivity contribution in [2.75, 3.05) is 26.2 Å². The molecule has 2 aliphatic rings. The Morgan fingerprint density at radius 3 is 2.70 bits per heavy atom. The predicted molar refractivity (Wildman–Crippen MR) is 101 cm³/mol. The van der Waals surface area contributed by atoms with E-state index in [4.69, 9.17) is 8.94 Å². The fraction of sp³-hybridized carbons (Fsp3) is 0.619. The normalized spacial score (nSPS) is 21.3. The Morgan fingerprint density at radius 2 is 2.04 bits per heavy atom. The largest absolute Gasteiger partial charge is 0.468 e. The molecule has 2 aromatic heterocycles. The van der Waals surface area contributed by atoms with E-state index in [1.54, 1.807) is 6.26 Å². The Kier molecular flexibility index (Phi) is 4.84. The number of carbonyl (C=O) groups is 1. The average molecular weight is 371 g/mol. The predicted octanol–water partition coefficient (Wildman–Crippen LogP) is 3.38. The lowest BCUT2D eigenvalue weighted by Gasteiger charge is -2.35. The van der Waals surface area contributed by atoms with Crippen molar-refractivity contribution in [2.24, 2.45) is 11.3 Å². The van der Waals surface area contributed by atoms with Crippen LogP contribution in [0.2, 0.25) is 0 Å². The summed E-state index contributed by atoms with van der Waals surface area (Å²) in [6, 6.07) is 3.90. The summed E-state index contributed by atoms with van der Waals surface area (Å²) in [5, 5.41) is 4.17. The van der Waals surface area contributed by atoms with Crippen LogP contribution in [0.15, 0.2) is 27.3 Å². The summed E-state index contributed by atoms with van der Waals surface area (Å²) in [5.41, 5.74) is 1.81. The fourth-order valence-corrected chi connectivity index (χ4v) is 4.19. The van der Waals surface area contributed by atoms with E-state index in [1.165, 1.54) is 0 Å². The second-order valence-corrected chi connectivity index (χ2v) is 8.89. The molecule has 1 aliphatic carbocycles. The molecule has 0 N–H and O–H groups in total. The number of hydrogen-bond acceptors (Lipinski definition) is 5. The molecular formula is C21H29N3O3. The number of furan rings is 1. The van der Waals surface area contributed by atoms with Crippen LogP contribution in [0.25, 0.3) is 0 Å². The number of carbonyl (C=O) groups excluding carboxylic acids is 1. The van der Waals surface area contributed by atoms with E-state index in [-0.39, 0.29) is 11.3 Å². The molecule has 1 unspecified atom stereocenters. The molecule has 1 saturated heterocycles. The number of aromatic nitrogens is 1. The number of rotatable bonds is 3. The van der Waals surface area contributed by atoms with Crippen LogP contribution in [-0.4, -0.2) is 47.0 Å². The van der Waals surface area contributed by atoms with Crippen molar-refractivity contribution >= 4 is 5.91 Å². The molecule has 6 nitrogen and oxygen atoms in total. The third-order valence-corrected chi connectivity index (χ3v) is 6.09. The first kappa shape index (κ1) is 18.3. The highest BCUT2D eigenvalue weighted by atomic mass is 16.5. The van der Waals surface area contributed by atoms with Gasteiger partial charge < -0.3 is 13.8 Å². The molecule has 1 atom stereocenters. The second-order valence-electron chi connectivity index (χ2n) is 8.89. The molecule has 0 radical (unpaired) electrons. The summed E-state index contributed by atoms with van der Waals surface area (Å²) in [4.78, 5) is 17.3. The SMILES string of the molecule is CC(C)(C)C1CCc2onc(C(=O)N3CCN(Cc4ccco4)CC3)c2C1. The zero-order valence-corrected chi connectivity index (χ0v) is 16.5. The molecule has 3 heterocycles. The van der Waals surface area contributed by atoms with Crippen LogP contribution in [0.1, 0.15) is 54.8 Å². The van der Waals surface area contributed by atoms with Crippen molar-refractivity contribution in [3.63, 3.8) is 0 Å². The summed E-state index contributed by atoms with van der Waals surface area (Å²) >= 11 is 0. The van der Waals surface area contributed by atoms with Crippen LogP contribution >= 0.6 is 0 Å². The summed E-state index contributed by atoms with van der Waals surface area (Å²) in [5.74, 6) is 2.46. The lowest BCUT2D eigenvalue weighted by atomic mass is 9.71. The monoisotopic (exact) mass is 371 g/mol. The Hall–Kier alpha value is -2.08. The molecule has 2 aromatic rings. The van der Waals surface area contributed by atoms with Crippen LogP contribution in [0, 0.1) is 11.3 Å². The van der Waals surface area contributed by atoms with Gasteiger partial charge in [-0.1, -0.05) is 25.9 Å². The van der Waals surface area contributed by atoms with E-state index >= 15 is 0 Å². The molecule has 0 saturated carbocycles. The summed E-state index contributed by atoms with van der Waals surface area (Å²) < 4.78 is 11.0. The van der Waals surface area contributed by atoms with Gasteiger partial charge in [0.2, 0.25) is 0 Å². The molecule has 4 rings (SSSR count). The van der Waals surface area contributed by atoms with Gasteiger partial charge in [0, 0.05) is 38.2 Å². The van der Waals surface area contributed by atoms with Gasteiger partial charge >= 0.3 is 0 Å². The minimum Gasteiger partial charge on any atom is -0.468 e. The van der Waals surface area contributed by atoms with Gasteiger partial charge in [0.25, 0.3) is 5.91 Å². The first-order valence-corrected chi connectivity index (χ1v) is 9.93. The Labute approximate surface area is 160 Å². The lowest BCUT2D eigenvalue weighted by molar-refractivity contribution is 0.0609. The van der Waals surface area contributed by atoms with E-state index in [9.17, 15) is 4.79 Å². The molecule has 1 aliphatic heterocycles. The van der Waals surface area contributed by atoms with E-state index in [0.717, 1.165) is 56.0 Å². The molecule has 0 aromatic carbocycles. The number of amides is 1. The van der Waals surface area contributed by atoms with Crippen LogP contribution < -0.4 is 0 Å². The number of hydrogen-bond donors (Lipinski definition) is 0. The number of nitrogens with zero attached hydrogens (tertiary/aromatic N) is 3. The van der Waals surface area contributed by atoms with Crippen molar-refractivity contribution in [1.82, 2.24) is 15.0 Å². The number of piperazine rings is 1. The third kappa shape index (κ3) is 3.81. The molecule has 27 heavy (non-hydrogen) atoms. The number of aryl methyl sites for hydroxylation is 1. The minimum absolute atomic E-state index is 0.0206. The van der Waals surface area contributed by atoms with Crippen LogP contribution in [-0.2, 0) is 19.4 Å². The quantitative estimate of drug-likeness (QED) is 0.828. The topological polar surface area (TPSA) is 62.7 Å². The van der Waals surface area contributed by atoms with Gasteiger partial charge in [-0.2, -0.15) is 0 Å². The first-order chi connectivity index (χ1) is 12.9. The smallest absolute Gasteiger partial charge is 0.276 e. The summed E-state index contributed by atoms with van der Waals surface area (Å²) in [6.07, 6.45) is 4.58. The van der Waals surface area contributed by atoms with Crippen molar-refractivity contribution < 1.29 is 13.7 Å². The second kappa shape index (κ2) is 7.15. The van der Waals surface area contributed by atoms with E-state index in [1.807, 2.05) is 17.0 Å². The average Bonchev–Trinajstić information content (AvgIpc) is 3.30. The zero-order chi connectivity index (χ0) is 19.0. The molecule has 6 heteroatoms. The van der Waals surface area contributed by atoms with Crippen LogP contribution in [0.5, 0.6) is 0 Å². The highest BCUT2D eigenvalue weighted by molar-refractivity contribution is 5.94. The van der Waals surface area contributed by atoms with Gasteiger partial charge in [-0.25, -0.2) is 0 Å². The van der Waals surface area contributed by atoms with E-state index in [2.05, 4.69) is 30.8 Å². The van der Waals surface area contributed by atoms with E-state index in [0.29, 0.717) is 24.7 Å². The standard InChI is InChI=1S/C21H29N3O3/c1-21(2,3)15-6-7-18-17(13-15)19(22-27-18)20(25)24-10-8-23(9-11-24)14-16-5-4-12-26-16/h4-5,12,15H,6-11,13-14H2,1-3H3.